The molecule has 0 aliphatic carbocycles. The first kappa shape index (κ1) is 15.5. The van der Waals surface area contributed by atoms with Gasteiger partial charge in [0.2, 0.25) is 0 Å². The molecule has 0 fully saturated rings. The molecule has 3 nitrogen and oxygen atoms in total. The van der Waals surface area contributed by atoms with Gasteiger partial charge in [0.1, 0.15) is 0 Å². The summed E-state index contributed by atoms with van der Waals surface area (Å²) in [6.07, 6.45) is 3.28. The van der Waals surface area contributed by atoms with E-state index in [1.165, 1.54) is 16.8 Å². The van der Waals surface area contributed by atoms with Crippen LogP contribution in [-0.2, 0) is 22.4 Å². The van der Waals surface area contributed by atoms with Crippen LogP contribution in [0.15, 0.2) is 18.2 Å². The molecule has 106 valence electrons. The van der Waals surface area contributed by atoms with Crippen molar-refractivity contribution >= 4 is 11.7 Å². The number of benzene rings is 1. The minimum atomic E-state index is -0.124. The lowest BCUT2D eigenvalue weighted by Crippen LogP contribution is -2.13. The summed E-state index contributed by atoms with van der Waals surface area (Å²) >= 11 is 0. The lowest BCUT2D eigenvalue weighted by atomic mass is 10.0. The van der Waals surface area contributed by atoms with Crippen LogP contribution in [-0.4, -0.2) is 19.1 Å². The van der Waals surface area contributed by atoms with E-state index in [1.54, 1.807) is 0 Å². The zero-order chi connectivity index (χ0) is 14.1. The number of carbonyl (C=O) groups is 1. The Morgan fingerprint density at radius 3 is 2.32 bits per heavy atom. The van der Waals surface area contributed by atoms with E-state index in [1.807, 2.05) is 6.92 Å². The second-order valence-electron chi connectivity index (χ2n) is 4.56. The molecule has 1 aromatic carbocycles. The average molecular weight is 263 g/mol. The minimum Gasteiger partial charge on any atom is -0.466 e. The third kappa shape index (κ3) is 4.93. The molecule has 0 atom stereocenters. The van der Waals surface area contributed by atoms with Crippen LogP contribution in [0.5, 0.6) is 0 Å². The van der Waals surface area contributed by atoms with Crippen molar-refractivity contribution in [3.05, 3.63) is 29.3 Å². The van der Waals surface area contributed by atoms with Crippen LogP contribution in [0.25, 0.3) is 0 Å². The molecule has 0 saturated heterocycles. The van der Waals surface area contributed by atoms with Crippen molar-refractivity contribution < 1.29 is 9.53 Å². The predicted molar refractivity (Wildman–Crippen MR) is 79.6 cm³/mol. The largest absolute Gasteiger partial charge is 0.466 e. The number of hydrogen-bond acceptors (Lipinski definition) is 3. The summed E-state index contributed by atoms with van der Waals surface area (Å²) in [7, 11) is 0. The van der Waals surface area contributed by atoms with Crippen LogP contribution in [0.4, 0.5) is 5.69 Å². The topological polar surface area (TPSA) is 38.3 Å². The zero-order valence-electron chi connectivity index (χ0n) is 12.3. The molecule has 0 bridgehead atoms. The van der Waals surface area contributed by atoms with Gasteiger partial charge in [-0.15, -0.1) is 0 Å². The highest BCUT2D eigenvalue weighted by Gasteiger charge is 2.07. The summed E-state index contributed by atoms with van der Waals surface area (Å²) in [6.45, 7) is 7.44. The Labute approximate surface area is 116 Å². The number of para-hydroxylation sites is 1. The number of rotatable bonds is 8. The number of esters is 1. The maximum absolute atomic E-state index is 11.4. The standard InChI is InChI=1S/C16H25NO2/c1-4-12-19-15(18)10-11-17-16-13(5-2)8-7-9-14(16)6-3/h7-9,17H,4-6,10-12H2,1-3H3. The molecule has 3 heteroatoms. The highest BCUT2D eigenvalue weighted by molar-refractivity contribution is 5.70. The first-order valence-electron chi connectivity index (χ1n) is 7.23. The molecule has 19 heavy (non-hydrogen) atoms. The van der Waals surface area contributed by atoms with Crippen LogP contribution in [0.2, 0.25) is 0 Å². The first-order chi connectivity index (χ1) is 9.22. The average Bonchev–Trinajstić information content (AvgIpc) is 2.45. The van der Waals surface area contributed by atoms with Gasteiger partial charge in [-0.25, -0.2) is 0 Å². The van der Waals surface area contributed by atoms with Gasteiger partial charge in [0.05, 0.1) is 13.0 Å². The van der Waals surface area contributed by atoms with Crippen molar-refractivity contribution in [3.8, 4) is 0 Å². The van der Waals surface area contributed by atoms with Crippen molar-refractivity contribution in [1.82, 2.24) is 0 Å². The van der Waals surface area contributed by atoms with E-state index in [-0.39, 0.29) is 5.97 Å². The second kappa shape index (κ2) is 8.57. The summed E-state index contributed by atoms with van der Waals surface area (Å²) in [5.41, 5.74) is 3.80. The normalized spacial score (nSPS) is 10.3. The van der Waals surface area contributed by atoms with Gasteiger partial charge in [-0.2, -0.15) is 0 Å². The molecule has 0 unspecified atom stereocenters. The fourth-order valence-electron chi connectivity index (χ4n) is 2.05. The van der Waals surface area contributed by atoms with Crippen molar-refractivity contribution in [2.75, 3.05) is 18.5 Å². The van der Waals surface area contributed by atoms with E-state index in [9.17, 15) is 4.79 Å². The zero-order valence-corrected chi connectivity index (χ0v) is 12.3. The number of ether oxygens (including phenoxy) is 1. The molecule has 0 aromatic heterocycles. The van der Waals surface area contributed by atoms with Crippen LogP contribution in [0.3, 0.4) is 0 Å². The number of anilines is 1. The van der Waals surface area contributed by atoms with Crippen LogP contribution in [0, 0.1) is 0 Å². The Morgan fingerprint density at radius 1 is 1.16 bits per heavy atom. The Morgan fingerprint density at radius 2 is 1.79 bits per heavy atom. The number of aryl methyl sites for hydroxylation is 2. The first-order valence-corrected chi connectivity index (χ1v) is 7.23. The molecule has 0 heterocycles. The van der Waals surface area contributed by atoms with E-state index in [0.717, 1.165) is 19.3 Å². The van der Waals surface area contributed by atoms with Gasteiger partial charge >= 0.3 is 5.97 Å². The Hall–Kier alpha value is -1.51. The highest BCUT2D eigenvalue weighted by Crippen LogP contribution is 2.22. The SMILES string of the molecule is CCCOC(=O)CCNc1c(CC)cccc1CC. The fraction of sp³-hybridized carbons (Fsp3) is 0.562. The van der Waals surface area contributed by atoms with E-state index in [2.05, 4.69) is 37.4 Å². The number of hydrogen-bond donors (Lipinski definition) is 1. The summed E-state index contributed by atoms with van der Waals surface area (Å²) < 4.78 is 5.06. The molecule has 1 aromatic rings. The summed E-state index contributed by atoms with van der Waals surface area (Å²) in [4.78, 5) is 11.4. The van der Waals surface area contributed by atoms with Gasteiger partial charge in [-0.3, -0.25) is 4.79 Å². The number of carbonyl (C=O) groups excluding carboxylic acids is 1. The van der Waals surface area contributed by atoms with Crippen LogP contribution >= 0.6 is 0 Å². The molecule has 0 amide bonds. The third-order valence-electron chi connectivity index (χ3n) is 3.10. The Bertz CT molecular complexity index is 379. The number of nitrogens with one attached hydrogen (secondary N) is 1. The van der Waals surface area contributed by atoms with Gasteiger partial charge in [0.15, 0.2) is 0 Å². The van der Waals surface area contributed by atoms with E-state index >= 15 is 0 Å². The summed E-state index contributed by atoms with van der Waals surface area (Å²) in [6, 6.07) is 6.37. The van der Waals surface area contributed by atoms with Crippen molar-refractivity contribution in [2.24, 2.45) is 0 Å². The van der Waals surface area contributed by atoms with Crippen LogP contribution in [0.1, 0.15) is 44.7 Å². The van der Waals surface area contributed by atoms with Crippen molar-refractivity contribution in [3.63, 3.8) is 0 Å². The van der Waals surface area contributed by atoms with Gasteiger partial charge in [-0.05, 0) is 30.4 Å². The molecule has 0 aliphatic heterocycles. The predicted octanol–water partition coefficient (Wildman–Crippen LogP) is 3.57. The maximum atomic E-state index is 11.4. The lowest BCUT2D eigenvalue weighted by molar-refractivity contribution is -0.143. The van der Waals surface area contributed by atoms with E-state index < -0.39 is 0 Å². The molecule has 0 aliphatic rings. The fourth-order valence-corrected chi connectivity index (χ4v) is 2.05. The Balaban J connectivity index is 2.54. The van der Waals surface area contributed by atoms with Gasteiger partial charge in [0, 0.05) is 12.2 Å². The molecule has 0 saturated carbocycles. The molecular weight excluding hydrogens is 238 g/mol. The molecule has 1 N–H and O–H groups in total. The highest BCUT2D eigenvalue weighted by atomic mass is 16.5. The van der Waals surface area contributed by atoms with Gasteiger partial charge in [0.25, 0.3) is 0 Å². The second-order valence-corrected chi connectivity index (χ2v) is 4.56. The van der Waals surface area contributed by atoms with Crippen LogP contribution < -0.4 is 5.32 Å². The quantitative estimate of drug-likeness (QED) is 0.729. The minimum absolute atomic E-state index is 0.124. The third-order valence-corrected chi connectivity index (χ3v) is 3.10. The molecule has 1 rings (SSSR count). The lowest BCUT2D eigenvalue weighted by Gasteiger charge is -2.15. The maximum Gasteiger partial charge on any atom is 0.307 e. The summed E-state index contributed by atoms with van der Waals surface area (Å²) in [5, 5.41) is 3.39. The molecule has 0 radical (unpaired) electrons. The summed E-state index contributed by atoms with van der Waals surface area (Å²) in [5.74, 6) is -0.124. The van der Waals surface area contributed by atoms with Crippen molar-refractivity contribution in [1.29, 1.82) is 0 Å². The van der Waals surface area contributed by atoms with E-state index in [4.69, 9.17) is 4.74 Å². The smallest absolute Gasteiger partial charge is 0.307 e. The van der Waals surface area contributed by atoms with Crippen molar-refractivity contribution in [2.45, 2.75) is 46.5 Å². The van der Waals surface area contributed by atoms with Gasteiger partial charge < -0.3 is 10.1 Å². The Kier molecular flexibility index (Phi) is 7.01. The monoisotopic (exact) mass is 263 g/mol. The van der Waals surface area contributed by atoms with E-state index in [0.29, 0.717) is 19.6 Å². The molecular formula is C16H25NO2. The molecule has 0 spiro atoms. The van der Waals surface area contributed by atoms with Gasteiger partial charge in [-0.1, -0.05) is 39.0 Å².